The Hall–Kier alpha value is -2.94. The van der Waals surface area contributed by atoms with E-state index in [0.717, 1.165) is 28.1 Å². The first-order chi connectivity index (χ1) is 11.7. The smallest absolute Gasteiger partial charge is 0.336 e. The van der Waals surface area contributed by atoms with E-state index in [-0.39, 0.29) is 5.63 Å². The molecule has 0 saturated heterocycles. The van der Waals surface area contributed by atoms with Gasteiger partial charge in [0, 0.05) is 29.1 Å². The van der Waals surface area contributed by atoms with Crippen molar-refractivity contribution >= 4 is 21.7 Å². The SMILES string of the molecule is CCc1cc[n+](Cc2cc(=O)oc3ccc4ccccc4c23)cc1. The minimum absolute atomic E-state index is 0.307. The minimum Gasteiger partial charge on any atom is -0.423 e. The summed E-state index contributed by atoms with van der Waals surface area (Å²) in [5.74, 6) is 0. The lowest BCUT2D eigenvalue weighted by molar-refractivity contribution is -0.688. The van der Waals surface area contributed by atoms with Crippen LogP contribution >= 0.6 is 0 Å². The van der Waals surface area contributed by atoms with Crippen LogP contribution in [0.15, 0.2) is 76.2 Å². The van der Waals surface area contributed by atoms with E-state index in [9.17, 15) is 4.79 Å². The highest BCUT2D eigenvalue weighted by atomic mass is 16.4. The fraction of sp³-hybridized carbons (Fsp3) is 0.143. The van der Waals surface area contributed by atoms with E-state index >= 15 is 0 Å². The van der Waals surface area contributed by atoms with Gasteiger partial charge in [-0.05, 0) is 28.8 Å². The molecule has 0 fully saturated rings. The van der Waals surface area contributed by atoms with Crippen molar-refractivity contribution in [2.24, 2.45) is 0 Å². The maximum atomic E-state index is 12.0. The number of aryl methyl sites for hydroxylation is 1. The van der Waals surface area contributed by atoms with Crippen molar-refractivity contribution in [3.63, 3.8) is 0 Å². The lowest BCUT2D eigenvalue weighted by Gasteiger charge is -2.07. The van der Waals surface area contributed by atoms with Crippen molar-refractivity contribution < 1.29 is 8.98 Å². The van der Waals surface area contributed by atoms with Crippen LogP contribution in [0.25, 0.3) is 21.7 Å². The van der Waals surface area contributed by atoms with Gasteiger partial charge in [0.05, 0.1) is 0 Å². The highest BCUT2D eigenvalue weighted by molar-refractivity contribution is 6.06. The van der Waals surface area contributed by atoms with Crippen molar-refractivity contribution in [2.75, 3.05) is 0 Å². The largest absolute Gasteiger partial charge is 0.423 e. The van der Waals surface area contributed by atoms with E-state index in [1.807, 2.05) is 24.3 Å². The van der Waals surface area contributed by atoms with Crippen LogP contribution in [0.4, 0.5) is 0 Å². The lowest BCUT2D eigenvalue weighted by atomic mass is 10.0. The van der Waals surface area contributed by atoms with Crippen LogP contribution in [-0.2, 0) is 13.0 Å². The van der Waals surface area contributed by atoms with Crippen molar-refractivity contribution in [1.82, 2.24) is 0 Å². The monoisotopic (exact) mass is 316 g/mol. The third kappa shape index (κ3) is 2.58. The van der Waals surface area contributed by atoms with Gasteiger partial charge in [-0.3, -0.25) is 0 Å². The van der Waals surface area contributed by atoms with Gasteiger partial charge < -0.3 is 4.42 Å². The first-order valence-electron chi connectivity index (χ1n) is 8.17. The van der Waals surface area contributed by atoms with Gasteiger partial charge in [0.15, 0.2) is 18.9 Å². The van der Waals surface area contributed by atoms with E-state index in [0.29, 0.717) is 12.1 Å². The van der Waals surface area contributed by atoms with Crippen LogP contribution in [0, 0.1) is 0 Å². The molecule has 0 aliphatic rings. The maximum absolute atomic E-state index is 12.0. The Morgan fingerprint density at radius 3 is 2.58 bits per heavy atom. The van der Waals surface area contributed by atoms with E-state index < -0.39 is 0 Å². The number of hydrogen-bond donors (Lipinski definition) is 0. The van der Waals surface area contributed by atoms with Crippen molar-refractivity contribution in [2.45, 2.75) is 19.9 Å². The average molecular weight is 316 g/mol. The molecule has 24 heavy (non-hydrogen) atoms. The average Bonchev–Trinajstić information content (AvgIpc) is 2.61. The predicted molar refractivity (Wildman–Crippen MR) is 95.1 cm³/mol. The van der Waals surface area contributed by atoms with Gasteiger partial charge >= 0.3 is 5.63 Å². The van der Waals surface area contributed by atoms with Crippen LogP contribution < -0.4 is 10.2 Å². The quantitative estimate of drug-likeness (QED) is 0.327. The third-order valence-electron chi connectivity index (χ3n) is 4.44. The van der Waals surface area contributed by atoms with E-state index in [1.165, 1.54) is 5.56 Å². The zero-order valence-electron chi connectivity index (χ0n) is 13.5. The van der Waals surface area contributed by atoms with Gasteiger partial charge in [-0.1, -0.05) is 37.3 Å². The molecule has 3 nitrogen and oxygen atoms in total. The van der Waals surface area contributed by atoms with Crippen molar-refractivity contribution in [3.8, 4) is 0 Å². The molecule has 0 aliphatic heterocycles. The van der Waals surface area contributed by atoms with Crippen LogP contribution in [0.3, 0.4) is 0 Å². The first kappa shape index (κ1) is 14.6. The fourth-order valence-electron chi connectivity index (χ4n) is 3.17. The summed E-state index contributed by atoms with van der Waals surface area (Å²) in [5, 5.41) is 3.27. The molecule has 4 rings (SSSR count). The molecular weight excluding hydrogens is 298 g/mol. The maximum Gasteiger partial charge on any atom is 0.336 e. The molecule has 0 unspecified atom stereocenters. The highest BCUT2D eigenvalue weighted by Gasteiger charge is 2.13. The molecule has 4 aromatic rings. The molecule has 0 N–H and O–H groups in total. The van der Waals surface area contributed by atoms with Gasteiger partial charge in [-0.2, -0.15) is 0 Å². The first-order valence-corrected chi connectivity index (χ1v) is 8.17. The lowest BCUT2D eigenvalue weighted by Crippen LogP contribution is -2.33. The Morgan fingerprint density at radius 1 is 1.00 bits per heavy atom. The molecule has 2 aromatic carbocycles. The summed E-state index contributed by atoms with van der Waals surface area (Å²) >= 11 is 0. The zero-order chi connectivity index (χ0) is 16.5. The van der Waals surface area contributed by atoms with Crippen LogP contribution in [0.1, 0.15) is 18.1 Å². The van der Waals surface area contributed by atoms with Crippen molar-refractivity contribution in [3.05, 3.63) is 88.5 Å². The third-order valence-corrected chi connectivity index (χ3v) is 4.44. The molecule has 0 amide bonds. The van der Waals surface area contributed by atoms with Crippen LogP contribution in [0.2, 0.25) is 0 Å². The number of benzene rings is 2. The van der Waals surface area contributed by atoms with Crippen LogP contribution in [0.5, 0.6) is 0 Å². The Labute approximate surface area is 139 Å². The topological polar surface area (TPSA) is 34.1 Å². The molecule has 0 atom stereocenters. The number of pyridine rings is 1. The second kappa shape index (κ2) is 5.93. The van der Waals surface area contributed by atoms with Gasteiger partial charge in [-0.15, -0.1) is 0 Å². The fourth-order valence-corrected chi connectivity index (χ4v) is 3.17. The predicted octanol–water partition coefficient (Wildman–Crippen LogP) is 3.84. The Bertz CT molecular complexity index is 1080. The summed E-state index contributed by atoms with van der Waals surface area (Å²) in [6.07, 6.45) is 5.14. The second-order valence-electron chi connectivity index (χ2n) is 5.98. The normalized spacial score (nSPS) is 11.2. The molecule has 0 saturated carbocycles. The summed E-state index contributed by atoms with van der Waals surface area (Å²) < 4.78 is 7.51. The molecule has 0 spiro atoms. The molecule has 2 aromatic heterocycles. The number of aromatic nitrogens is 1. The summed E-state index contributed by atoms with van der Waals surface area (Å²) in [6, 6.07) is 17.9. The molecule has 0 aliphatic carbocycles. The molecule has 2 heterocycles. The number of rotatable bonds is 3. The molecule has 118 valence electrons. The molecule has 0 bridgehead atoms. The van der Waals surface area contributed by atoms with Gasteiger partial charge in [0.2, 0.25) is 0 Å². The summed E-state index contributed by atoms with van der Waals surface area (Å²) in [4.78, 5) is 12.0. The van der Waals surface area contributed by atoms with Gasteiger partial charge in [0.1, 0.15) is 5.58 Å². The summed E-state index contributed by atoms with van der Waals surface area (Å²) in [6.45, 7) is 2.78. The standard InChI is InChI=1S/C21H18NO2/c1-2-15-9-11-22(12-10-15)14-17-13-20(23)24-19-8-7-16-5-3-4-6-18(16)21(17)19/h3-13H,2,14H2,1H3/q+1. The summed E-state index contributed by atoms with van der Waals surface area (Å²) in [7, 11) is 0. The zero-order valence-corrected chi connectivity index (χ0v) is 13.5. The van der Waals surface area contributed by atoms with E-state index in [2.05, 4.69) is 48.1 Å². The van der Waals surface area contributed by atoms with E-state index in [4.69, 9.17) is 4.42 Å². The van der Waals surface area contributed by atoms with E-state index in [1.54, 1.807) is 6.07 Å². The van der Waals surface area contributed by atoms with Gasteiger partial charge in [0.25, 0.3) is 0 Å². The Kier molecular flexibility index (Phi) is 3.62. The molecule has 3 heteroatoms. The Balaban J connectivity index is 1.92. The van der Waals surface area contributed by atoms with Crippen molar-refractivity contribution in [1.29, 1.82) is 0 Å². The number of nitrogens with zero attached hydrogens (tertiary/aromatic N) is 1. The Morgan fingerprint density at radius 2 is 1.79 bits per heavy atom. The summed E-state index contributed by atoms with van der Waals surface area (Å²) in [5.41, 5.74) is 2.61. The minimum atomic E-state index is -0.307. The van der Waals surface area contributed by atoms with Crippen LogP contribution in [-0.4, -0.2) is 0 Å². The van der Waals surface area contributed by atoms with Gasteiger partial charge in [-0.25, -0.2) is 9.36 Å². The molecule has 0 radical (unpaired) electrons. The second-order valence-corrected chi connectivity index (χ2v) is 5.98. The molecular formula is C21H18NO2+. The number of fused-ring (bicyclic) bond motifs is 3. The highest BCUT2D eigenvalue weighted by Crippen LogP contribution is 2.27. The number of hydrogen-bond acceptors (Lipinski definition) is 2.